The van der Waals surface area contributed by atoms with Gasteiger partial charge in [0.2, 0.25) is 0 Å². The Morgan fingerprint density at radius 2 is 1.94 bits per heavy atom. The molecule has 0 spiro atoms. The van der Waals surface area contributed by atoms with Gasteiger partial charge >= 0.3 is 0 Å². The zero-order chi connectivity index (χ0) is 13.1. The first-order valence-corrected chi connectivity index (χ1v) is 7.14. The maximum absolute atomic E-state index is 3.56. The zero-order valence-electron chi connectivity index (χ0n) is 12.1. The maximum Gasteiger partial charge on any atom is 0.0478 e. The van der Waals surface area contributed by atoms with Crippen molar-refractivity contribution in [2.24, 2.45) is 5.92 Å². The summed E-state index contributed by atoms with van der Waals surface area (Å²) in [5.74, 6) is 0.710. The minimum atomic E-state index is 0.525. The van der Waals surface area contributed by atoms with Gasteiger partial charge in [-0.25, -0.2) is 0 Å². The number of hydrogen-bond donors (Lipinski definition) is 1. The molecule has 1 aromatic carbocycles. The van der Waals surface area contributed by atoms with Gasteiger partial charge in [0.05, 0.1) is 0 Å². The Bertz CT molecular complexity index is 384. The fourth-order valence-corrected chi connectivity index (χ4v) is 2.89. The first kappa shape index (κ1) is 13.6. The van der Waals surface area contributed by atoms with E-state index < -0.39 is 0 Å². The quantitative estimate of drug-likeness (QED) is 0.877. The Hall–Kier alpha value is -0.860. The van der Waals surface area contributed by atoms with E-state index in [-0.39, 0.29) is 0 Å². The zero-order valence-corrected chi connectivity index (χ0v) is 12.1. The van der Waals surface area contributed by atoms with Crippen molar-refractivity contribution >= 4 is 0 Å². The number of rotatable bonds is 4. The van der Waals surface area contributed by atoms with Crippen molar-refractivity contribution < 1.29 is 0 Å². The van der Waals surface area contributed by atoms with E-state index in [1.165, 1.54) is 17.7 Å². The van der Waals surface area contributed by atoms with Crippen molar-refractivity contribution in [3.8, 4) is 0 Å². The predicted molar refractivity (Wildman–Crippen MR) is 77.6 cm³/mol. The second-order valence-corrected chi connectivity index (χ2v) is 6.03. The monoisotopic (exact) mass is 246 g/mol. The van der Waals surface area contributed by atoms with E-state index in [1.807, 2.05) is 0 Å². The summed E-state index contributed by atoms with van der Waals surface area (Å²) in [7, 11) is 0. The third kappa shape index (κ3) is 2.93. The van der Waals surface area contributed by atoms with Crippen LogP contribution in [0.2, 0.25) is 0 Å². The van der Waals surface area contributed by atoms with Crippen molar-refractivity contribution in [3.63, 3.8) is 0 Å². The lowest BCUT2D eigenvalue weighted by Crippen LogP contribution is -2.44. The molecule has 1 heterocycles. The first-order valence-electron chi connectivity index (χ1n) is 7.14. The van der Waals surface area contributed by atoms with Gasteiger partial charge in [-0.1, -0.05) is 38.1 Å². The van der Waals surface area contributed by atoms with Gasteiger partial charge in [0, 0.05) is 31.7 Å². The maximum atomic E-state index is 3.56. The van der Waals surface area contributed by atoms with Crippen molar-refractivity contribution in [1.29, 1.82) is 0 Å². The highest BCUT2D eigenvalue weighted by Crippen LogP contribution is 2.29. The summed E-state index contributed by atoms with van der Waals surface area (Å²) >= 11 is 0. The summed E-state index contributed by atoms with van der Waals surface area (Å²) in [6.45, 7) is 12.5. The molecule has 0 aromatic heterocycles. The fraction of sp³-hybridized carbons (Fsp3) is 0.625. The average Bonchev–Trinajstić information content (AvgIpc) is 2.35. The van der Waals surface area contributed by atoms with Crippen LogP contribution in [0.15, 0.2) is 24.3 Å². The fourth-order valence-electron chi connectivity index (χ4n) is 2.89. The number of benzene rings is 1. The Labute approximate surface area is 111 Å². The molecule has 0 radical (unpaired) electrons. The summed E-state index contributed by atoms with van der Waals surface area (Å²) in [6.07, 6.45) is 0. The lowest BCUT2D eigenvalue weighted by Gasteiger charge is -2.39. The topological polar surface area (TPSA) is 15.3 Å². The van der Waals surface area contributed by atoms with Crippen LogP contribution >= 0.6 is 0 Å². The molecule has 100 valence electrons. The van der Waals surface area contributed by atoms with Gasteiger partial charge in [0.1, 0.15) is 0 Å². The molecule has 18 heavy (non-hydrogen) atoms. The van der Waals surface area contributed by atoms with E-state index in [2.05, 4.69) is 62.2 Å². The molecule has 0 saturated heterocycles. The van der Waals surface area contributed by atoms with Crippen LogP contribution in [0, 0.1) is 5.92 Å². The highest BCUT2D eigenvalue weighted by molar-refractivity contribution is 5.32. The summed E-state index contributed by atoms with van der Waals surface area (Å²) in [5.41, 5.74) is 2.98. The largest absolute Gasteiger partial charge is 0.311 e. The van der Waals surface area contributed by atoms with Crippen LogP contribution in [-0.2, 0) is 6.54 Å². The third-order valence-corrected chi connectivity index (χ3v) is 3.71. The van der Waals surface area contributed by atoms with E-state index in [4.69, 9.17) is 0 Å². The molecule has 0 aliphatic carbocycles. The van der Waals surface area contributed by atoms with Crippen LogP contribution < -0.4 is 5.32 Å². The molecule has 2 nitrogen and oxygen atoms in total. The van der Waals surface area contributed by atoms with Crippen LogP contribution in [0.1, 0.15) is 44.9 Å². The molecule has 0 saturated carbocycles. The Morgan fingerprint density at radius 1 is 1.22 bits per heavy atom. The highest BCUT2D eigenvalue weighted by Gasteiger charge is 2.27. The van der Waals surface area contributed by atoms with Gasteiger partial charge in [0.25, 0.3) is 0 Å². The van der Waals surface area contributed by atoms with E-state index in [0.717, 1.165) is 13.1 Å². The summed E-state index contributed by atoms with van der Waals surface area (Å²) in [5, 5.41) is 3.56. The van der Waals surface area contributed by atoms with Crippen LogP contribution in [0.5, 0.6) is 0 Å². The third-order valence-electron chi connectivity index (χ3n) is 3.71. The molecule has 1 unspecified atom stereocenters. The van der Waals surface area contributed by atoms with Crippen molar-refractivity contribution in [1.82, 2.24) is 10.2 Å². The smallest absolute Gasteiger partial charge is 0.0478 e. The van der Waals surface area contributed by atoms with Crippen LogP contribution in [0.4, 0.5) is 0 Å². The lowest BCUT2D eigenvalue weighted by molar-refractivity contribution is 0.127. The summed E-state index contributed by atoms with van der Waals surface area (Å²) < 4.78 is 0. The lowest BCUT2D eigenvalue weighted by atomic mass is 9.94. The standard InChI is InChI=1S/C16H26N2/c1-12(2)11-18(13(3)4)16-10-17-9-14-7-5-6-8-15(14)16/h5-8,12-13,16-17H,9-11H2,1-4H3. The minimum absolute atomic E-state index is 0.525. The number of nitrogens with zero attached hydrogens (tertiary/aromatic N) is 1. The SMILES string of the molecule is CC(C)CN(C(C)C)C1CNCc2ccccc21. The predicted octanol–water partition coefficient (Wildman–Crippen LogP) is 3.20. The van der Waals surface area contributed by atoms with Crippen molar-refractivity contribution in [2.75, 3.05) is 13.1 Å². The number of nitrogens with one attached hydrogen (secondary N) is 1. The van der Waals surface area contributed by atoms with Gasteiger partial charge in [-0.2, -0.15) is 0 Å². The van der Waals surface area contributed by atoms with Gasteiger partial charge in [-0.3, -0.25) is 4.90 Å². The number of fused-ring (bicyclic) bond motifs is 1. The van der Waals surface area contributed by atoms with Crippen molar-refractivity contribution in [2.45, 2.75) is 46.3 Å². The van der Waals surface area contributed by atoms with E-state index in [9.17, 15) is 0 Å². The van der Waals surface area contributed by atoms with Gasteiger partial charge in [0.15, 0.2) is 0 Å². The molecule has 0 fully saturated rings. The van der Waals surface area contributed by atoms with Crippen LogP contribution in [0.3, 0.4) is 0 Å². The Kier molecular flexibility index (Phi) is 4.41. The number of hydrogen-bond acceptors (Lipinski definition) is 2. The van der Waals surface area contributed by atoms with Crippen molar-refractivity contribution in [3.05, 3.63) is 35.4 Å². The molecule has 1 atom stereocenters. The molecule has 0 bridgehead atoms. The molecular formula is C16H26N2. The molecule has 1 aliphatic heterocycles. The molecule has 1 N–H and O–H groups in total. The Morgan fingerprint density at radius 3 is 2.61 bits per heavy atom. The molecular weight excluding hydrogens is 220 g/mol. The van der Waals surface area contributed by atoms with E-state index >= 15 is 0 Å². The average molecular weight is 246 g/mol. The van der Waals surface area contributed by atoms with E-state index in [1.54, 1.807) is 0 Å². The highest BCUT2D eigenvalue weighted by atomic mass is 15.2. The second kappa shape index (κ2) is 5.85. The summed E-state index contributed by atoms with van der Waals surface area (Å²) in [4.78, 5) is 2.63. The normalized spacial score (nSPS) is 19.6. The molecule has 2 heteroatoms. The van der Waals surface area contributed by atoms with Gasteiger partial charge in [-0.15, -0.1) is 0 Å². The minimum Gasteiger partial charge on any atom is -0.311 e. The molecule has 1 aliphatic rings. The first-order chi connectivity index (χ1) is 8.59. The van der Waals surface area contributed by atoms with Gasteiger partial charge in [-0.05, 0) is 30.9 Å². The van der Waals surface area contributed by atoms with Crippen LogP contribution in [0.25, 0.3) is 0 Å². The van der Waals surface area contributed by atoms with E-state index in [0.29, 0.717) is 18.0 Å². The molecule has 1 aromatic rings. The second-order valence-electron chi connectivity index (χ2n) is 6.03. The molecule has 2 rings (SSSR count). The molecule has 0 amide bonds. The van der Waals surface area contributed by atoms with Crippen LogP contribution in [-0.4, -0.2) is 24.0 Å². The van der Waals surface area contributed by atoms with Gasteiger partial charge < -0.3 is 5.32 Å². The Balaban J connectivity index is 2.26. The summed E-state index contributed by atoms with van der Waals surface area (Å²) in [6, 6.07) is 9.98.